The van der Waals surface area contributed by atoms with E-state index >= 15 is 0 Å². The van der Waals surface area contributed by atoms with Gasteiger partial charge >= 0.3 is 0 Å². The molecule has 0 aliphatic heterocycles. The summed E-state index contributed by atoms with van der Waals surface area (Å²) in [6.07, 6.45) is 1.67. The summed E-state index contributed by atoms with van der Waals surface area (Å²) in [5.74, 6) is 0.967. The maximum absolute atomic E-state index is 12.2. The summed E-state index contributed by atoms with van der Waals surface area (Å²) in [7, 11) is 0. The van der Waals surface area contributed by atoms with Crippen molar-refractivity contribution in [1.82, 2.24) is 10.3 Å². The van der Waals surface area contributed by atoms with Crippen LogP contribution in [-0.2, 0) is 0 Å². The van der Waals surface area contributed by atoms with E-state index in [4.69, 9.17) is 4.42 Å². The highest BCUT2D eigenvalue weighted by atomic mass is 79.9. The highest BCUT2D eigenvalue weighted by Gasteiger charge is 2.16. The summed E-state index contributed by atoms with van der Waals surface area (Å²) in [6, 6.07) is 15.1. The molecule has 1 aromatic heterocycles. The Labute approximate surface area is 142 Å². The average molecular weight is 371 g/mol. The number of hydrogen-bond acceptors (Lipinski definition) is 3. The maximum atomic E-state index is 12.2. The molecule has 1 N–H and O–H groups in total. The van der Waals surface area contributed by atoms with Crippen molar-refractivity contribution in [2.75, 3.05) is 6.54 Å². The van der Waals surface area contributed by atoms with Crippen molar-refractivity contribution in [1.29, 1.82) is 0 Å². The highest BCUT2D eigenvalue weighted by molar-refractivity contribution is 9.10. The molecular weight excluding hydrogens is 356 g/mol. The smallest absolute Gasteiger partial charge is 0.252 e. The minimum Gasteiger partial charge on any atom is -0.436 e. The van der Waals surface area contributed by atoms with E-state index in [0.717, 1.165) is 10.0 Å². The molecule has 0 bridgehead atoms. The van der Waals surface area contributed by atoms with E-state index in [1.165, 1.54) is 0 Å². The molecule has 1 amide bonds. The van der Waals surface area contributed by atoms with Gasteiger partial charge in [0.15, 0.2) is 5.76 Å². The van der Waals surface area contributed by atoms with Crippen LogP contribution in [0.3, 0.4) is 0 Å². The van der Waals surface area contributed by atoms with Crippen molar-refractivity contribution in [3.63, 3.8) is 0 Å². The Hall–Kier alpha value is -2.40. The number of hydrogen-bond donors (Lipinski definition) is 1. The van der Waals surface area contributed by atoms with Gasteiger partial charge in [-0.3, -0.25) is 4.79 Å². The number of benzene rings is 2. The second-order valence-electron chi connectivity index (χ2n) is 4.94. The lowest BCUT2D eigenvalue weighted by molar-refractivity contribution is 0.0956. The molecule has 0 radical (unpaired) electrons. The molecule has 0 aliphatic rings. The van der Waals surface area contributed by atoms with Crippen LogP contribution in [0.1, 0.15) is 17.3 Å². The summed E-state index contributed by atoms with van der Waals surface area (Å²) < 4.78 is 6.86. The molecule has 23 heavy (non-hydrogen) atoms. The lowest BCUT2D eigenvalue weighted by Crippen LogP contribution is -2.23. The monoisotopic (exact) mass is 370 g/mol. The Morgan fingerprint density at radius 1 is 1.17 bits per heavy atom. The summed E-state index contributed by atoms with van der Waals surface area (Å²) in [5.41, 5.74) is 2.17. The third kappa shape index (κ3) is 3.35. The Morgan fingerprint density at radius 2 is 1.91 bits per heavy atom. The zero-order valence-corrected chi connectivity index (χ0v) is 14.1. The molecule has 1 heterocycles. The number of amides is 1. The summed E-state index contributed by atoms with van der Waals surface area (Å²) in [4.78, 5) is 16.5. The van der Waals surface area contributed by atoms with E-state index in [1.54, 1.807) is 12.3 Å². The van der Waals surface area contributed by atoms with Crippen molar-refractivity contribution in [3.8, 4) is 22.8 Å². The molecule has 0 saturated carbocycles. The van der Waals surface area contributed by atoms with E-state index in [-0.39, 0.29) is 5.91 Å². The van der Waals surface area contributed by atoms with Crippen LogP contribution in [0.15, 0.2) is 63.6 Å². The Bertz CT molecular complexity index is 825. The fourth-order valence-corrected chi connectivity index (χ4v) is 2.53. The van der Waals surface area contributed by atoms with Gasteiger partial charge < -0.3 is 9.73 Å². The average Bonchev–Trinajstić information content (AvgIpc) is 3.05. The molecular formula is C18H15BrN2O2. The minimum atomic E-state index is -0.133. The molecule has 2 aromatic carbocycles. The van der Waals surface area contributed by atoms with E-state index in [0.29, 0.717) is 29.3 Å². The lowest BCUT2D eigenvalue weighted by atomic mass is 10.1. The number of carbonyl (C=O) groups excluding carboxylic acids is 1. The predicted octanol–water partition coefficient (Wildman–Crippen LogP) is 4.52. The molecule has 3 rings (SSSR count). The van der Waals surface area contributed by atoms with Gasteiger partial charge in [-0.2, -0.15) is 0 Å². The predicted molar refractivity (Wildman–Crippen MR) is 93.1 cm³/mol. The summed E-state index contributed by atoms with van der Waals surface area (Å²) in [6.45, 7) is 2.46. The molecule has 116 valence electrons. The second-order valence-corrected chi connectivity index (χ2v) is 5.86. The van der Waals surface area contributed by atoms with Crippen molar-refractivity contribution in [2.45, 2.75) is 6.92 Å². The van der Waals surface area contributed by atoms with E-state index in [1.807, 2.05) is 49.4 Å². The molecule has 4 nitrogen and oxygen atoms in total. The second kappa shape index (κ2) is 6.79. The van der Waals surface area contributed by atoms with Gasteiger partial charge in [0.05, 0.1) is 11.8 Å². The topological polar surface area (TPSA) is 55.1 Å². The maximum Gasteiger partial charge on any atom is 0.252 e. The molecule has 0 saturated heterocycles. The number of aromatic nitrogens is 1. The standard InChI is InChI=1S/C18H15BrN2O2/c1-2-20-17(22)14-5-3-4-6-15(14)18-21-11-16(23-18)12-7-9-13(19)10-8-12/h3-11H,2H2,1H3,(H,20,22). The van der Waals surface area contributed by atoms with Gasteiger partial charge in [-0.1, -0.05) is 40.2 Å². The van der Waals surface area contributed by atoms with E-state index < -0.39 is 0 Å². The Kier molecular flexibility index (Phi) is 4.57. The molecule has 3 aromatic rings. The van der Waals surface area contributed by atoms with Crippen LogP contribution in [0.25, 0.3) is 22.8 Å². The fraction of sp³-hybridized carbons (Fsp3) is 0.111. The van der Waals surface area contributed by atoms with Crippen LogP contribution < -0.4 is 5.32 Å². The largest absolute Gasteiger partial charge is 0.436 e. The Balaban J connectivity index is 1.98. The lowest BCUT2D eigenvalue weighted by Gasteiger charge is -2.06. The van der Waals surface area contributed by atoms with Gasteiger partial charge in [-0.15, -0.1) is 0 Å². The van der Waals surface area contributed by atoms with Crippen LogP contribution in [0.4, 0.5) is 0 Å². The number of nitrogens with one attached hydrogen (secondary N) is 1. The number of carbonyl (C=O) groups is 1. The summed E-state index contributed by atoms with van der Waals surface area (Å²) in [5, 5.41) is 2.80. The highest BCUT2D eigenvalue weighted by Crippen LogP contribution is 2.28. The molecule has 0 unspecified atom stereocenters. The first kappa shape index (κ1) is 15.5. The Morgan fingerprint density at radius 3 is 2.65 bits per heavy atom. The molecule has 0 spiro atoms. The zero-order valence-electron chi connectivity index (χ0n) is 12.5. The zero-order chi connectivity index (χ0) is 16.2. The van der Waals surface area contributed by atoms with Crippen molar-refractivity contribution in [2.24, 2.45) is 0 Å². The molecule has 0 aliphatic carbocycles. The van der Waals surface area contributed by atoms with Crippen molar-refractivity contribution < 1.29 is 9.21 Å². The first-order valence-corrected chi connectivity index (χ1v) is 8.07. The van der Waals surface area contributed by atoms with E-state index in [9.17, 15) is 4.79 Å². The van der Waals surface area contributed by atoms with Crippen LogP contribution >= 0.6 is 15.9 Å². The van der Waals surface area contributed by atoms with Gasteiger partial charge in [0, 0.05) is 22.1 Å². The molecule has 0 fully saturated rings. The van der Waals surface area contributed by atoms with Gasteiger partial charge in [-0.25, -0.2) is 4.98 Å². The third-order valence-corrected chi connectivity index (χ3v) is 3.90. The van der Waals surface area contributed by atoms with Crippen molar-refractivity contribution in [3.05, 3.63) is 64.8 Å². The van der Waals surface area contributed by atoms with Crippen LogP contribution in [0.5, 0.6) is 0 Å². The molecule has 5 heteroatoms. The van der Waals surface area contributed by atoms with Gasteiger partial charge in [0.25, 0.3) is 5.91 Å². The normalized spacial score (nSPS) is 10.5. The first-order chi connectivity index (χ1) is 11.2. The van der Waals surface area contributed by atoms with Crippen LogP contribution in [-0.4, -0.2) is 17.4 Å². The van der Waals surface area contributed by atoms with Gasteiger partial charge in [0.1, 0.15) is 0 Å². The quantitative estimate of drug-likeness (QED) is 0.734. The molecule has 0 atom stereocenters. The SMILES string of the molecule is CCNC(=O)c1ccccc1-c1ncc(-c2ccc(Br)cc2)o1. The first-order valence-electron chi connectivity index (χ1n) is 7.28. The van der Waals surface area contributed by atoms with Crippen LogP contribution in [0, 0.1) is 0 Å². The van der Waals surface area contributed by atoms with E-state index in [2.05, 4.69) is 26.2 Å². The minimum absolute atomic E-state index is 0.133. The van der Waals surface area contributed by atoms with Crippen molar-refractivity contribution >= 4 is 21.8 Å². The number of rotatable bonds is 4. The number of nitrogens with zero attached hydrogens (tertiary/aromatic N) is 1. The number of oxazole rings is 1. The van der Waals surface area contributed by atoms with Gasteiger partial charge in [-0.05, 0) is 31.2 Å². The third-order valence-electron chi connectivity index (χ3n) is 3.37. The summed E-state index contributed by atoms with van der Waals surface area (Å²) >= 11 is 3.41. The van der Waals surface area contributed by atoms with Gasteiger partial charge in [0.2, 0.25) is 5.89 Å². The fourth-order valence-electron chi connectivity index (χ4n) is 2.27. The van der Waals surface area contributed by atoms with Crippen LogP contribution in [0.2, 0.25) is 0 Å². The number of halogens is 1.